The summed E-state index contributed by atoms with van der Waals surface area (Å²) in [7, 11) is 0. The third kappa shape index (κ3) is 3.94. The summed E-state index contributed by atoms with van der Waals surface area (Å²) in [6, 6.07) is 4.83. The molecule has 0 saturated carbocycles. The molecular weight excluding hydrogens is 271 g/mol. The summed E-state index contributed by atoms with van der Waals surface area (Å²) in [5, 5.41) is 12.7. The van der Waals surface area contributed by atoms with E-state index in [1.54, 1.807) is 19.1 Å². The summed E-state index contributed by atoms with van der Waals surface area (Å²) in [6.07, 6.45) is 1.13. The lowest BCUT2D eigenvalue weighted by molar-refractivity contribution is -0.119. The van der Waals surface area contributed by atoms with Gasteiger partial charge in [0.25, 0.3) is 0 Å². The van der Waals surface area contributed by atoms with Gasteiger partial charge in [0.05, 0.1) is 11.8 Å². The number of nitrogens with zero attached hydrogens (tertiary/aromatic N) is 1. The van der Waals surface area contributed by atoms with Crippen molar-refractivity contribution in [3.05, 3.63) is 29.6 Å². The highest BCUT2D eigenvalue weighted by molar-refractivity contribution is 5.72. The van der Waals surface area contributed by atoms with E-state index >= 15 is 0 Å². The van der Waals surface area contributed by atoms with Crippen LogP contribution < -0.4 is 10.2 Å². The summed E-state index contributed by atoms with van der Waals surface area (Å²) in [6.45, 7) is 5.34. The number of piperidine rings is 1. The van der Waals surface area contributed by atoms with E-state index in [2.05, 4.69) is 5.32 Å². The lowest BCUT2D eigenvalue weighted by Gasteiger charge is -2.35. The van der Waals surface area contributed by atoms with Gasteiger partial charge in [-0.25, -0.2) is 4.39 Å². The molecule has 116 valence electrons. The van der Waals surface area contributed by atoms with Crippen molar-refractivity contribution in [1.29, 1.82) is 0 Å². The number of rotatable bonds is 4. The number of hydrogen-bond donors (Lipinski definition) is 2. The highest BCUT2D eigenvalue weighted by Crippen LogP contribution is 2.32. The maximum absolute atomic E-state index is 14.1. The molecule has 0 unspecified atom stereocenters. The number of hydrogen-bond acceptors (Lipinski definition) is 3. The normalized spacial score (nSPS) is 17.6. The number of carbonyl (C=O) groups excluding carboxylic acids is 1. The summed E-state index contributed by atoms with van der Waals surface area (Å²) in [5.74, 6) is 0.142. The number of aliphatic hydroxyl groups is 1. The lowest BCUT2D eigenvalue weighted by Crippen LogP contribution is -2.39. The summed E-state index contributed by atoms with van der Waals surface area (Å²) in [5.41, 5.74) is 1.15. The molecule has 2 rings (SSSR count). The Hall–Kier alpha value is -1.62. The Morgan fingerprint density at radius 1 is 1.48 bits per heavy atom. The Kier molecular flexibility index (Phi) is 5.17. The SMILES string of the molecule is CC(=O)NCC1CCN(c2c(F)cccc2[C@H](C)O)CC1. The Morgan fingerprint density at radius 3 is 2.71 bits per heavy atom. The van der Waals surface area contributed by atoms with Crippen molar-refractivity contribution in [2.24, 2.45) is 5.92 Å². The molecule has 2 N–H and O–H groups in total. The fourth-order valence-electron chi connectivity index (χ4n) is 2.85. The summed E-state index contributed by atoms with van der Waals surface area (Å²) < 4.78 is 14.1. The van der Waals surface area contributed by atoms with Gasteiger partial charge in [-0.15, -0.1) is 0 Å². The molecule has 21 heavy (non-hydrogen) atoms. The number of nitrogens with one attached hydrogen (secondary N) is 1. The average molecular weight is 294 g/mol. The van der Waals surface area contributed by atoms with Crippen molar-refractivity contribution in [3.63, 3.8) is 0 Å². The van der Waals surface area contributed by atoms with E-state index in [0.29, 0.717) is 23.7 Å². The van der Waals surface area contributed by atoms with E-state index in [-0.39, 0.29) is 11.7 Å². The van der Waals surface area contributed by atoms with Gasteiger partial charge < -0.3 is 15.3 Å². The second-order valence-corrected chi connectivity index (χ2v) is 5.72. The highest BCUT2D eigenvalue weighted by Gasteiger charge is 2.24. The van der Waals surface area contributed by atoms with Gasteiger partial charge >= 0.3 is 0 Å². The van der Waals surface area contributed by atoms with Crippen molar-refractivity contribution >= 4 is 11.6 Å². The second-order valence-electron chi connectivity index (χ2n) is 5.72. The quantitative estimate of drug-likeness (QED) is 0.895. The standard InChI is InChI=1S/C16H23FN2O2/c1-11(20)14-4-3-5-15(17)16(14)19-8-6-13(7-9-19)10-18-12(2)21/h3-5,11,13,20H,6-10H2,1-2H3,(H,18,21)/t11-/m0/s1. The smallest absolute Gasteiger partial charge is 0.216 e. The number of amides is 1. The van der Waals surface area contributed by atoms with Gasteiger partial charge in [0.15, 0.2) is 0 Å². The molecule has 5 heteroatoms. The molecule has 0 spiro atoms. The maximum atomic E-state index is 14.1. The van der Waals surface area contributed by atoms with Crippen molar-refractivity contribution in [1.82, 2.24) is 5.32 Å². The van der Waals surface area contributed by atoms with Gasteiger partial charge in [0, 0.05) is 32.1 Å². The molecular formula is C16H23FN2O2. The largest absolute Gasteiger partial charge is 0.389 e. The van der Waals surface area contributed by atoms with E-state index < -0.39 is 6.10 Å². The van der Waals surface area contributed by atoms with Crippen LogP contribution in [-0.4, -0.2) is 30.6 Å². The molecule has 1 aliphatic rings. The van der Waals surface area contributed by atoms with Crippen molar-refractivity contribution in [3.8, 4) is 0 Å². The summed E-state index contributed by atoms with van der Waals surface area (Å²) >= 11 is 0. The van der Waals surface area contributed by atoms with Crippen LogP contribution in [0.1, 0.15) is 38.4 Å². The predicted molar refractivity (Wildman–Crippen MR) is 80.7 cm³/mol. The van der Waals surface area contributed by atoms with Gasteiger partial charge in [0.1, 0.15) is 5.82 Å². The van der Waals surface area contributed by atoms with Gasteiger partial charge in [-0.2, -0.15) is 0 Å². The van der Waals surface area contributed by atoms with Crippen molar-refractivity contribution in [2.75, 3.05) is 24.5 Å². The molecule has 0 aliphatic carbocycles. The Labute approximate surface area is 125 Å². The van der Waals surface area contributed by atoms with Crippen LogP contribution in [0.3, 0.4) is 0 Å². The average Bonchev–Trinajstić information content (AvgIpc) is 2.45. The molecule has 1 atom stereocenters. The number of carbonyl (C=O) groups is 1. The Balaban J connectivity index is 2.04. The first-order valence-corrected chi connectivity index (χ1v) is 7.45. The van der Waals surface area contributed by atoms with E-state index in [0.717, 1.165) is 25.9 Å². The minimum atomic E-state index is -0.687. The van der Waals surface area contributed by atoms with E-state index in [1.807, 2.05) is 4.90 Å². The van der Waals surface area contributed by atoms with Crippen LogP contribution in [0, 0.1) is 11.7 Å². The molecule has 1 aromatic rings. The molecule has 1 amide bonds. The van der Waals surface area contributed by atoms with Gasteiger partial charge in [0.2, 0.25) is 5.91 Å². The minimum Gasteiger partial charge on any atom is -0.389 e. The zero-order valence-corrected chi connectivity index (χ0v) is 12.6. The minimum absolute atomic E-state index is 0.0112. The van der Waals surface area contributed by atoms with Crippen LogP contribution in [0.2, 0.25) is 0 Å². The molecule has 1 fully saturated rings. The third-order valence-corrected chi connectivity index (χ3v) is 4.04. The third-order valence-electron chi connectivity index (χ3n) is 4.04. The van der Waals surface area contributed by atoms with Gasteiger partial charge in [-0.1, -0.05) is 12.1 Å². The van der Waals surface area contributed by atoms with Crippen LogP contribution in [0.5, 0.6) is 0 Å². The molecule has 4 nitrogen and oxygen atoms in total. The topological polar surface area (TPSA) is 52.6 Å². The molecule has 1 saturated heterocycles. The van der Waals surface area contributed by atoms with E-state index in [9.17, 15) is 14.3 Å². The number of anilines is 1. The van der Waals surface area contributed by atoms with E-state index in [1.165, 1.54) is 13.0 Å². The van der Waals surface area contributed by atoms with Crippen molar-refractivity contribution in [2.45, 2.75) is 32.8 Å². The highest BCUT2D eigenvalue weighted by atomic mass is 19.1. The predicted octanol–water partition coefficient (Wildman–Crippen LogP) is 2.23. The Morgan fingerprint density at radius 2 is 2.14 bits per heavy atom. The first-order valence-electron chi connectivity index (χ1n) is 7.45. The lowest BCUT2D eigenvalue weighted by atomic mass is 9.95. The van der Waals surface area contributed by atoms with Crippen LogP contribution in [0.15, 0.2) is 18.2 Å². The zero-order chi connectivity index (χ0) is 15.4. The first-order chi connectivity index (χ1) is 9.99. The maximum Gasteiger partial charge on any atom is 0.216 e. The van der Waals surface area contributed by atoms with Gasteiger partial charge in [-0.05, 0) is 31.7 Å². The van der Waals surface area contributed by atoms with Crippen LogP contribution in [0.4, 0.5) is 10.1 Å². The zero-order valence-electron chi connectivity index (χ0n) is 12.6. The molecule has 0 aromatic heterocycles. The molecule has 0 radical (unpaired) electrons. The molecule has 1 aromatic carbocycles. The molecule has 1 aliphatic heterocycles. The van der Waals surface area contributed by atoms with Gasteiger partial charge in [-0.3, -0.25) is 4.79 Å². The summed E-state index contributed by atoms with van der Waals surface area (Å²) in [4.78, 5) is 12.9. The first kappa shape index (κ1) is 15.8. The van der Waals surface area contributed by atoms with Crippen molar-refractivity contribution < 1.29 is 14.3 Å². The monoisotopic (exact) mass is 294 g/mol. The fraction of sp³-hybridized carbons (Fsp3) is 0.562. The number of halogens is 1. The fourth-order valence-corrected chi connectivity index (χ4v) is 2.85. The second kappa shape index (κ2) is 6.89. The van der Waals surface area contributed by atoms with Crippen LogP contribution in [0.25, 0.3) is 0 Å². The Bertz CT molecular complexity index is 497. The molecule has 1 heterocycles. The number of benzene rings is 1. The van der Waals surface area contributed by atoms with Crippen LogP contribution in [-0.2, 0) is 4.79 Å². The number of para-hydroxylation sites is 1. The van der Waals surface area contributed by atoms with E-state index in [4.69, 9.17) is 0 Å². The molecule has 0 bridgehead atoms. The number of aliphatic hydroxyl groups excluding tert-OH is 1. The van der Waals surface area contributed by atoms with Crippen LogP contribution >= 0.6 is 0 Å².